The Morgan fingerprint density at radius 1 is 0.971 bits per heavy atom. The van der Waals surface area contributed by atoms with E-state index in [1.807, 2.05) is 30.7 Å². The highest BCUT2D eigenvalue weighted by Gasteiger charge is 2.20. The average Bonchev–Trinajstić information content (AvgIpc) is 2.87. The normalized spacial score (nSPS) is 14.7. The van der Waals surface area contributed by atoms with Crippen LogP contribution in [0.5, 0.6) is 17.2 Å². The number of halogens is 1. The first kappa shape index (κ1) is 24.4. The summed E-state index contributed by atoms with van der Waals surface area (Å²) in [4.78, 5) is 11.3. The second-order valence-electron chi connectivity index (χ2n) is 8.41. The lowest BCUT2D eigenvalue weighted by atomic mass is 10.0. The molecular weight excluding hydrogens is 496 g/mol. The average molecular weight is 527 g/mol. The molecule has 34 heavy (non-hydrogen) atoms. The molecule has 1 N–H and O–H groups in total. The summed E-state index contributed by atoms with van der Waals surface area (Å²) >= 11 is 3.49. The Balaban J connectivity index is 1.36. The molecule has 0 spiro atoms. The van der Waals surface area contributed by atoms with Crippen molar-refractivity contribution in [3.63, 3.8) is 0 Å². The van der Waals surface area contributed by atoms with E-state index in [-0.39, 0.29) is 0 Å². The maximum Gasteiger partial charge on any atom is 0.203 e. The van der Waals surface area contributed by atoms with Gasteiger partial charge >= 0.3 is 0 Å². The van der Waals surface area contributed by atoms with Crippen LogP contribution in [0.2, 0.25) is 0 Å². The van der Waals surface area contributed by atoms with E-state index in [0.29, 0.717) is 23.3 Å². The topological polar surface area (TPSA) is 68.7 Å². The van der Waals surface area contributed by atoms with E-state index in [0.717, 1.165) is 54.8 Å². The maximum atomic E-state index is 5.50. The second kappa shape index (κ2) is 11.6. The maximum absolute atomic E-state index is 5.50. The third-order valence-electron chi connectivity index (χ3n) is 6.13. The first-order valence-corrected chi connectivity index (χ1v) is 12.2. The molecule has 7 nitrogen and oxygen atoms in total. The van der Waals surface area contributed by atoms with Gasteiger partial charge in [0.15, 0.2) is 11.5 Å². The lowest BCUT2D eigenvalue weighted by Gasteiger charge is -2.32. The minimum Gasteiger partial charge on any atom is -0.493 e. The Kier molecular flexibility index (Phi) is 8.37. The largest absolute Gasteiger partial charge is 0.493 e. The molecule has 0 radical (unpaired) electrons. The van der Waals surface area contributed by atoms with Gasteiger partial charge in [-0.25, -0.2) is 0 Å². The van der Waals surface area contributed by atoms with Gasteiger partial charge in [-0.15, -0.1) is 0 Å². The molecule has 1 fully saturated rings. The molecule has 0 unspecified atom stereocenters. The van der Waals surface area contributed by atoms with Gasteiger partial charge in [0.05, 0.1) is 27.0 Å². The number of ether oxygens (including phenoxy) is 3. The van der Waals surface area contributed by atoms with Crippen LogP contribution in [-0.2, 0) is 13.1 Å². The standard InChI is InChI=1S/C26H31BrN4O3/c1-32-24-12-20(13-25(33-2)26(24)34-3)23-11-18(4-7-29-23)17-31-8-5-22(6-9-31)30-15-19-10-21(27)16-28-14-19/h4,7,10-14,16,22,30H,5-6,8-9,15,17H2,1-3H3. The molecular formula is C26H31BrN4O3. The quantitative estimate of drug-likeness (QED) is 0.433. The number of likely N-dealkylation sites (tertiary alicyclic amines) is 1. The SMILES string of the molecule is COc1cc(-c2cc(CN3CCC(NCc4cncc(Br)c4)CC3)ccn2)cc(OC)c1OC. The van der Waals surface area contributed by atoms with Crippen molar-refractivity contribution in [3.8, 4) is 28.5 Å². The van der Waals surface area contributed by atoms with E-state index in [4.69, 9.17) is 14.2 Å². The van der Waals surface area contributed by atoms with Crippen molar-refractivity contribution in [1.29, 1.82) is 0 Å². The summed E-state index contributed by atoms with van der Waals surface area (Å²) in [5.41, 5.74) is 4.26. The first-order valence-electron chi connectivity index (χ1n) is 11.4. The molecule has 8 heteroatoms. The van der Waals surface area contributed by atoms with Gasteiger partial charge in [-0.05, 0) is 83.3 Å². The van der Waals surface area contributed by atoms with Gasteiger partial charge in [0, 0.05) is 47.8 Å². The van der Waals surface area contributed by atoms with Crippen molar-refractivity contribution >= 4 is 15.9 Å². The summed E-state index contributed by atoms with van der Waals surface area (Å²) in [5, 5.41) is 3.68. The van der Waals surface area contributed by atoms with E-state index in [2.05, 4.69) is 54.3 Å². The molecule has 1 aliphatic heterocycles. The van der Waals surface area contributed by atoms with Crippen LogP contribution in [0.3, 0.4) is 0 Å². The molecule has 1 aromatic carbocycles. The van der Waals surface area contributed by atoms with Crippen LogP contribution in [0.1, 0.15) is 24.0 Å². The van der Waals surface area contributed by atoms with E-state index in [1.165, 1.54) is 11.1 Å². The minimum atomic E-state index is 0.530. The summed E-state index contributed by atoms with van der Waals surface area (Å²) in [6.45, 7) is 3.88. The van der Waals surface area contributed by atoms with Gasteiger partial charge in [-0.1, -0.05) is 0 Å². The Morgan fingerprint density at radius 3 is 2.35 bits per heavy atom. The smallest absolute Gasteiger partial charge is 0.203 e. The van der Waals surface area contributed by atoms with Crippen LogP contribution in [0.4, 0.5) is 0 Å². The predicted molar refractivity (Wildman–Crippen MR) is 136 cm³/mol. The van der Waals surface area contributed by atoms with Crippen LogP contribution >= 0.6 is 15.9 Å². The Morgan fingerprint density at radius 2 is 1.71 bits per heavy atom. The molecule has 0 amide bonds. The highest BCUT2D eigenvalue weighted by Crippen LogP contribution is 2.40. The van der Waals surface area contributed by atoms with Gasteiger partial charge in [0.1, 0.15) is 0 Å². The number of hydrogen-bond acceptors (Lipinski definition) is 7. The molecule has 0 saturated carbocycles. The number of pyridine rings is 2. The monoisotopic (exact) mass is 526 g/mol. The highest BCUT2D eigenvalue weighted by atomic mass is 79.9. The number of aromatic nitrogens is 2. The van der Waals surface area contributed by atoms with Gasteiger partial charge in [-0.3, -0.25) is 14.9 Å². The van der Waals surface area contributed by atoms with E-state index in [9.17, 15) is 0 Å². The fourth-order valence-electron chi connectivity index (χ4n) is 4.33. The van der Waals surface area contributed by atoms with Crippen molar-refractivity contribution in [2.24, 2.45) is 0 Å². The van der Waals surface area contributed by atoms with Gasteiger partial charge in [-0.2, -0.15) is 0 Å². The lowest BCUT2D eigenvalue weighted by molar-refractivity contribution is 0.190. The molecule has 1 aliphatic rings. The molecule has 3 aromatic rings. The molecule has 1 saturated heterocycles. The first-order chi connectivity index (χ1) is 16.6. The van der Waals surface area contributed by atoms with Crippen LogP contribution in [-0.4, -0.2) is 55.3 Å². The summed E-state index contributed by atoms with van der Waals surface area (Å²) in [7, 11) is 4.85. The zero-order valence-electron chi connectivity index (χ0n) is 19.9. The number of piperidine rings is 1. The van der Waals surface area contributed by atoms with Crippen molar-refractivity contribution in [1.82, 2.24) is 20.2 Å². The zero-order chi connectivity index (χ0) is 23.9. The van der Waals surface area contributed by atoms with Crippen molar-refractivity contribution < 1.29 is 14.2 Å². The van der Waals surface area contributed by atoms with E-state index < -0.39 is 0 Å². The zero-order valence-corrected chi connectivity index (χ0v) is 21.5. The third kappa shape index (κ3) is 6.05. The summed E-state index contributed by atoms with van der Waals surface area (Å²) in [6, 6.07) is 10.8. The number of benzene rings is 1. The van der Waals surface area contributed by atoms with Crippen LogP contribution in [0.25, 0.3) is 11.3 Å². The lowest BCUT2D eigenvalue weighted by Crippen LogP contribution is -2.41. The Labute approximate surface area is 209 Å². The van der Waals surface area contributed by atoms with Crippen molar-refractivity contribution in [2.45, 2.75) is 32.0 Å². The molecule has 3 heterocycles. The molecule has 180 valence electrons. The van der Waals surface area contributed by atoms with Gasteiger partial charge in [0.25, 0.3) is 0 Å². The summed E-state index contributed by atoms with van der Waals surface area (Å²) in [6.07, 6.45) is 7.86. The second-order valence-corrected chi connectivity index (χ2v) is 9.32. The predicted octanol–water partition coefficient (Wildman–Crippen LogP) is 4.69. The van der Waals surface area contributed by atoms with Crippen molar-refractivity contribution in [3.05, 3.63) is 64.5 Å². The van der Waals surface area contributed by atoms with Gasteiger partial charge in [0.2, 0.25) is 5.75 Å². The minimum absolute atomic E-state index is 0.530. The van der Waals surface area contributed by atoms with E-state index >= 15 is 0 Å². The fourth-order valence-corrected chi connectivity index (χ4v) is 4.74. The van der Waals surface area contributed by atoms with Gasteiger partial charge < -0.3 is 19.5 Å². The molecule has 0 aliphatic carbocycles. The highest BCUT2D eigenvalue weighted by molar-refractivity contribution is 9.10. The fraction of sp³-hybridized carbons (Fsp3) is 0.385. The van der Waals surface area contributed by atoms with Crippen LogP contribution < -0.4 is 19.5 Å². The summed E-state index contributed by atoms with van der Waals surface area (Å²) < 4.78 is 17.5. The van der Waals surface area contributed by atoms with Crippen LogP contribution in [0, 0.1) is 0 Å². The molecule has 2 aromatic heterocycles. The Hall–Kier alpha value is -2.68. The number of methoxy groups -OCH3 is 3. The molecule has 0 bridgehead atoms. The van der Waals surface area contributed by atoms with Crippen LogP contribution in [0.15, 0.2) is 53.4 Å². The van der Waals surface area contributed by atoms with E-state index in [1.54, 1.807) is 21.3 Å². The number of hydrogen-bond donors (Lipinski definition) is 1. The number of nitrogens with zero attached hydrogens (tertiary/aromatic N) is 3. The molecule has 0 atom stereocenters. The number of rotatable bonds is 9. The molecule has 4 rings (SSSR count). The third-order valence-corrected chi connectivity index (χ3v) is 6.57. The number of nitrogens with one attached hydrogen (secondary N) is 1. The van der Waals surface area contributed by atoms with Crippen molar-refractivity contribution in [2.75, 3.05) is 34.4 Å². The summed E-state index contributed by atoms with van der Waals surface area (Å²) in [5.74, 6) is 1.83. The Bertz CT molecular complexity index is 1080.